The van der Waals surface area contributed by atoms with E-state index in [1.807, 2.05) is 13.8 Å². The number of hydrogen-bond donors (Lipinski definition) is 0. The highest BCUT2D eigenvalue weighted by Gasteiger charge is 2.33. The molecule has 0 aromatic rings. The van der Waals surface area contributed by atoms with Gasteiger partial charge in [0.1, 0.15) is 0 Å². The minimum Gasteiger partial charge on any atom is -0.372 e. The largest absolute Gasteiger partial charge is 0.372 e. The number of piperazine rings is 1. The Labute approximate surface area is 120 Å². The smallest absolute Gasteiger partial charge is 0.312 e. The molecule has 0 saturated carbocycles. The molecule has 2 amide bonds. The molecule has 0 spiro atoms. The maximum atomic E-state index is 12.3. The molecule has 0 radical (unpaired) electrons. The summed E-state index contributed by atoms with van der Waals surface area (Å²) in [6.07, 6.45) is -0.0140. The molecule has 0 bridgehead atoms. The van der Waals surface area contributed by atoms with Crippen molar-refractivity contribution in [1.29, 1.82) is 0 Å². The maximum absolute atomic E-state index is 12.3. The van der Waals surface area contributed by atoms with Crippen molar-refractivity contribution in [2.24, 2.45) is 0 Å². The van der Waals surface area contributed by atoms with E-state index in [1.165, 1.54) is 0 Å². The van der Waals surface area contributed by atoms with Crippen LogP contribution in [0.5, 0.6) is 0 Å². The number of likely N-dealkylation sites (N-methyl/N-ethyl adjacent to an activating group) is 1. The molecule has 2 aliphatic rings. The van der Waals surface area contributed by atoms with Crippen LogP contribution in [-0.4, -0.2) is 84.5 Å². The summed E-state index contributed by atoms with van der Waals surface area (Å²) in [4.78, 5) is 30.2. The molecular weight excluding hydrogens is 258 g/mol. The van der Waals surface area contributed by atoms with E-state index in [0.29, 0.717) is 26.2 Å². The average molecular weight is 283 g/mol. The fraction of sp³-hybridized carbons (Fsp3) is 0.857. The highest BCUT2D eigenvalue weighted by atomic mass is 16.5. The lowest BCUT2D eigenvalue weighted by molar-refractivity contribution is -0.159. The Morgan fingerprint density at radius 1 is 0.950 bits per heavy atom. The van der Waals surface area contributed by atoms with E-state index < -0.39 is 0 Å². The lowest BCUT2D eigenvalue weighted by Gasteiger charge is -2.37. The lowest BCUT2D eigenvalue weighted by atomic mass is 10.2. The molecule has 6 heteroatoms. The van der Waals surface area contributed by atoms with Gasteiger partial charge in [-0.3, -0.25) is 9.59 Å². The Kier molecular flexibility index (Phi) is 4.99. The molecule has 0 aliphatic carbocycles. The van der Waals surface area contributed by atoms with Gasteiger partial charge in [-0.15, -0.1) is 0 Å². The fourth-order valence-corrected chi connectivity index (χ4v) is 2.88. The third kappa shape index (κ3) is 3.49. The number of morpholine rings is 1. The Morgan fingerprint density at radius 2 is 1.45 bits per heavy atom. The fourth-order valence-electron chi connectivity index (χ4n) is 2.88. The van der Waals surface area contributed by atoms with Crippen LogP contribution in [0.15, 0.2) is 0 Å². The molecule has 2 heterocycles. The van der Waals surface area contributed by atoms with Crippen molar-refractivity contribution in [3.05, 3.63) is 0 Å². The Bertz CT molecular complexity index is 357. The number of carbonyl (C=O) groups is 2. The van der Waals surface area contributed by atoms with Crippen LogP contribution in [0, 0.1) is 0 Å². The average Bonchev–Trinajstić information content (AvgIpc) is 2.45. The molecule has 2 saturated heterocycles. The third-order valence-electron chi connectivity index (χ3n) is 4.00. The van der Waals surface area contributed by atoms with Crippen LogP contribution in [0.2, 0.25) is 0 Å². The van der Waals surface area contributed by atoms with Gasteiger partial charge in [0.05, 0.1) is 12.2 Å². The van der Waals surface area contributed by atoms with Gasteiger partial charge >= 0.3 is 11.8 Å². The first-order chi connectivity index (χ1) is 9.51. The van der Waals surface area contributed by atoms with E-state index in [9.17, 15) is 9.59 Å². The molecule has 2 fully saturated rings. The van der Waals surface area contributed by atoms with E-state index >= 15 is 0 Å². The van der Waals surface area contributed by atoms with Gasteiger partial charge in [0, 0.05) is 39.3 Å². The number of amides is 2. The molecular formula is C14H25N3O3. The molecule has 0 aromatic heterocycles. The van der Waals surface area contributed by atoms with Crippen molar-refractivity contribution in [1.82, 2.24) is 14.7 Å². The predicted molar refractivity (Wildman–Crippen MR) is 75.3 cm³/mol. The summed E-state index contributed by atoms with van der Waals surface area (Å²) >= 11 is 0. The maximum Gasteiger partial charge on any atom is 0.312 e. The number of ether oxygens (including phenoxy) is 1. The lowest BCUT2D eigenvalue weighted by Crippen LogP contribution is -2.56. The molecule has 2 unspecified atom stereocenters. The molecule has 2 atom stereocenters. The van der Waals surface area contributed by atoms with Crippen molar-refractivity contribution in [2.75, 3.05) is 45.8 Å². The number of carbonyl (C=O) groups excluding carboxylic acids is 2. The van der Waals surface area contributed by atoms with Crippen molar-refractivity contribution in [2.45, 2.75) is 33.0 Å². The van der Waals surface area contributed by atoms with Gasteiger partial charge in [-0.05, 0) is 20.4 Å². The highest BCUT2D eigenvalue weighted by Crippen LogP contribution is 2.12. The van der Waals surface area contributed by atoms with Crippen LogP contribution in [0.25, 0.3) is 0 Å². The Hall–Kier alpha value is -1.14. The summed E-state index contributed by atoms with van der Waals surface area (Å²) in [5.41, 5.74) is 0. The second kappa shape index (κ2) is 6.54. The second-order valence-corrected chi connectivity index (χ2v) is 5.69. The first-order valence-corrected chi connectivity index (χ1v) is 7.47. The SMILES string of the molecule is CCN1CCN(C(=O)C(=O)N2CC(C)OC(C)C2)CC1. The predicted octanol–water partition coefficient (Wildman–Crippen LogP) is -0.214. The molecule has 0 aromatic carbocycles. The quantitative estimate of drug-likeness (QED) is 0.625. The summed E-state index contributed by atoms with van der Waals surface area (Å²) in [6.45, 7) is 11.0. The molecule has 2 aliphatic heterocycles. The topological polar surface area (TPSA) is 53.1 Å². The van der Waals surface area contributed by atoms with E-state index in [2.05, 4.69) is 11.8 Å². The zero-order chi connectivity index (χ0) is 14.7. The van der Waals surface area contributed by atoms with Crippen LogP contribution in [0.3, 0.4) is 0 Å². The van der Waals surface area contributed by atoms with Crippen LogP contribution in [0.4, 0.5) is 0 Å². The summed E-state index contributed by atoms with van der Waals surface area (Å²) in [6, 6.07) is 0. The van der Waals surface area contributed by atoms with Gasteiger partial charge in [-0.2, -0.15) is 0 Å². The zero-order valence-corrected chi connectivity index (χ0v) is 12.7. The van der Waals surface area contributed by atoms with Crippen LogP contribution in [0.1, 0.15) is 20.8 Å². The molecule has 6 nitrogen and oxygen atoms in total. The summed E-state index contributed by atoms with van der Waals surface area (Å²) in [7, 11) is 0. The van der Waals surface area contributed by atoms with Crippen molar-refractivity contribution in [3.8, 4) is 0 Å². The van der Waals surface area contributed by atoms with E-state index in [4.69, 9.17) is 4.74 Å². The first kappa shape index (κ1) is 15.3. The molecule has 2 rings (SSSR count). The normalized spacial score (nSPS) is 28.6. The summed E-state index contributed by atoms with van der Waals surface area (Å²) in [5, 5.41) is 0. The van der Waals surface area contributed by atoms with Crippen molar-refractivity contribution in [3.63, 3.8) is 0 Å². The van der Waals surface area contributed by atoms with Gasteiger partial charge in [0.25, 0.3) is 0 Å². The number of rotatable bonds is 1. The Balaban J connectivity index is 1.90. The van der Waals surface area contributed by atoms with E-state index in [1.54, 1.807) is 9.80 Å². The van der Waals surface area contributed by atoms with Gasteiger partial charge in [-0.1, -0.05) is 6.92 Å². The molecule has 20 heavy (non-hydrogen) atoms. The van der Waals surface area contributed by atoms with Crippen LogP contribution in [-0.2, 0) is 14.3 Å². The third-order valence-corrected chi connectivity index (χ3v) is 4.00. The zero-order valence-electron chi connectivity index (χ0n) is 12.7. The second-order valence-electron chi connectivity index (χ2n) is 5.69. The van der Waals surface area contributed by atoms with E-state index in [0.717, 1.165) is 19.6 Å². The summed E-state index contributed by atoms with van der Waals surface area (Å²) < 4.78 is 5.59. The van der Waals surface area contributed by atoms with Crippen molar-refractivity contribution < 1.29 is 14.3 Å². The van der Waals surface area contributed by atoms with Crippen LogP contribution >= 0.6 is 0 Å². The van der Waals surface area contributed by atoms with Gasteiger partial charge in [-0.25, -0.2) is 0 Å². The van der Waals surface area contributed by atoms with Gasteiger partial charge in [0.15, 0.2) is 0 Å². The van der Waals surface area contributed by atoms with Crippen LogP contribution < -0.4 is 0 Å². The first-order valence-electron chi connectivity index (χ1n) is 7.47. The van der Waals surface area contributed by atoms with Gasteiger partial charge < -0.3 is 19.4 Å². The van der Waals surface area contributed by atoms with E-state index in [-0.39, 0.29) is 24.0 Å². The number of nitrogens with zero attached hydrogens (tertiary/aromatic N) is 3. The summed E-state index contributed by atoms with van der Waals surface area (Å²) in [5.74, 6) is -0.737. The minimum absolute atomic E-state index is 0.00700. The standard InChI is InChI=1S/C14H25N3O3/c1-4-15-5-7-16(8-6-15)13(18)14(19)17-9-11(2)20-12(3)10-17/h11-12H,4-10H2,1-3H3. The van der Waals surface area contributed by atoms with Gasteiger partial charge in [0.2, 0.25) is 0 Å². The molecule has 114 valence electrons. The Morgan fingerprint density at radius 3 is 1.95 bits per heavy atom. The van der Waals surface area contributed by atoms with Crippen molar-refractivity contribution >= 4 is 11.8 Å². The minimum atomic E-state index is -0.378. The molecule has 0 N–H and O–H groups in total. The highest BCUT2D eigenvalue weighted by molar-refractivity contribution is 6.34. The monoisotopic (exact) mass is 283 g/mol. The number of hydrogen-bond acceptors (Lipinski definition) is 4.